The summed E-state index contributed by atoms with van der Waals surface area (Å²) in [5, 5.41) is 15.8. The van der Waals surface area contributed by atoms with Crippen LogP contribution in [0.2, 0.25) is 0 Å². The molecular formula is C11H21N3O4. The smallest absolute Gasteiger partial charge is 0.325 e. The quantitative estimate of drug-likeness (QED) is 0.535. The van der Waals surface area contributed by atoms with E-state index in [0.717, 1.165) is 0 Å². The first-order valence-corrected chi connectivity index (χ1v) is 5.81. The summed E-state index contributed by atoms with van der Waals surface area (Å²) in [4.78, 5) is 33.4. The van der Waals surface area contributed by atoms with Crippen LogP contribution in [0.25, 0.3) is 0 Å². The van der Waals surface area contributed by atoms with Crippen LogP contribution >= 0.6 is 0 Å². The second-order valence-corrected chi connectivity index (χ2v) is 4.54. The maximum atomic E-state index is 11.5. The number of carbonyl (C=O) groups excluding carboxylic acids is 2. The Hall–Kier alpha value is -1.79. The monoisotopic (exact) mass is 259 g/mol. The topological polar surface area (TPSA) is 108 Å². The number of hydrogen-bond donors (Lipinski definition) is 4. The molecule has 0 radical (unpaired) electrons. The minimum absolute atomic E-state index is 0.304. The predicted molar refractivity (Wildman–Crippen MR) is 66.1 cm³/mol. The van der Waals surface area contributed by atoms with Crippen LogP contribution in [-0.4, -0.2) is 41.6 Å². The molecule has 3 amide bonds. The third kappa shape index (κ3) is 6.72. The lowest BCUT2D eigenvalue weighted by Crippen LogP contribution is -2.51. The second-order valence-electron chi connectivity index (χ2n) is 4.54. The number of urea groups is 1. The molecule has 104 valence electrons. The molecule has 0 aliphatic heterocycles. The summed E-state index contributed by atoms with van der Waals surface area (Å²) >= 11 is 0. The van der Waals surface area contributed by atoms with E-state index < -0.39 is 24.1 Å². The number of carbonyl (C=O) groups is 3. The lowest BCUT2D eigenvalue weighted by Gasteiger charge is -2.16. The Morgan fingerprint density at radius 3 is 1.94 bits per heavy atom. The third-order valence-corrected chi connectivity index (χ3v) is 2.14. The van der Waals surface area contributed by atoms with E-state index in [4.69, 9.17) is 5.11 Å². The normalized spacial score (nSPS) is 13.6. The number of nitrogens with one attached hydrogen (secondary N) is 3. The Morgan fingerprint density at radius 1 is 1.00 bits per heavy atom. The SMILES string of the molecule is CC(C)CNC(=O)C(C)NC(=O)NC(C)C(=O)O. The molecule has 7 nitrogen and oxygen atoms in total. The van der Waals surface area contributed by atoms with Crippen LogP contribution in [0.5, 0.6) is 0 Å². The first-order chi connectivity index (χ1) is 8.23. The van der Waals surface area contributed by atoms with Gasteiger partial charge in [0, 0.05) is 6.54 Å². The van der Waals surface area contributed by atoms with Crippen molar-refractivity contribution in [1.29, 1.82) is 0 Å². The summed E-state index contributed by atoms with van der Waals surface area (Å²) in [6, 6.07) is -2.40. The van der Waals surface area contributed by atoms with E-state index in [1.165, 1.54) is 13.8 Å². The van der Waals surface area contributed by atoms with Crippen molar-refractivity contribution in [2.75, 3.05) is 6.54 Å². The highest BCUT2D eigenvalue weighted by Gasteiger charge is 2.18. The highest BCUT2D eigenvalue weighted by molar-refractivity contribution is 5.88. The number of carboxylic acid groups (broad SMARTS) is 1. The van der Waals surface area contributed by atoms with Gasteiger partial charge in [0.05, 0.1) is 0 Å². The maximum Gasteiger partial charge on any atom is 0.325 e. The molecule has 0 aliphatic rings. The van der Waals surface area contributed by atoms with Crippen molar-refractivity contribution in [3.8, 4) is 0 Å². The van der Waals surface area contributed by atoms with Gasteiger partial charge in [-0.3, -0.25) is 9.59 Å². The Balaban J connectivity index is 4.07. The van der Waals surface area contributed by atoms with Crippen LogP contribution < -0.4 is 16.0 Å². The molecule has 18 heavy (non-hydrogen) atoms. The summed E-state index contributed by atoms with van der Waals surface area (Å²) in [6.07, 6.45) is 0. The summed E-state index contributed by atoms with van der Waals surface area (Å²) in [6.45, 7) is 7.31. The summed E-state index contributed by atoms with van der Waals surface area (Å²) in [7, 11) is 0. The van der Waals surface area contributed by atoms with Crippen molar-refractivity contribution in [2.24, 2.45) is 5.92 Å². The van der Waals surface area contributed by atoms with E-state index in [2.05, 4.69) is 16.0 Å². The van der Waals surface area contributed by atoms with Crippen molar-refractivity contribution in [1.82, 2.24) is 16.0 Å². The molecule has 0 saturated carbocycles. The van der Waals surface area contributed by atoms with Gasteiger partial charge in [0.2, 0.25) is 5.91 Å². The van der Waals surface area contributed by atoms with Crippen LogP contribution in [-0.2, 0) is 9.59 Å². The third-order valence-electron chi connectivity index (χ3n) is 2.14. The van der Waals surface area contributed by atoms with E-state index >= 15 is 0 Å². The minimum atomic E-state index is -1.14. The second kappa shape index (κ2) is 7.52. The zero-order chi connectivity index (χ0) is 14.3. The summed E-state index contributed by atoms with van der Waals surface area (Å²) < 4.78 is 0. The molecule has 0 spiro atoms. The van der Waals surface area contributed by atoms with Gasteiger partial charge < -0.3 is 21.1 Å². The molecule has 0 aromatic carbocycles. The molecular weight excluding hydrogens is 238 g/mol. The molecule has 0 aromatic rings. The number of carboxylic acids is 1. The van der Waals surface area contributed by atoms with Gasteiger partial charge in [0.1, 0.15) is 12.1 Å². The molecule has 0 heterocycles. The fraction of sp³-hybridized carbons (Fsp3) is 0.727. The number of rotatable bonds is 6. The highest BCUT2D eigenvalue weighted by atomic mass is 16.4. The van der Waals surface area contributed by atoms with Crippen LogP contribution in [0, 0.1) is 5.92 Å². The molecule has 0 fully saturated rings. The van der Waals surface area contributed by atoms with Gasteiger partial charge in [0.25, 0.3) is 0 Å². The molecule has 0 rings (SSSR count). The van der Waals surface area contributed by atoms with Gasteiger partial charge in [-0.15, -0.1) is 0 Å². The zero-order valence-electron chi connectivity index (χ0n) is 11.1. The standard InChI is InChI=1S/C11H21N3O4/c1-6(2)5-12-9(15)7(3)13-11(18)14-8(4)10(16)17/h6-8H,5H2,1-4H3,(H,12,15)(H,16,17)(H2,13,14,18). The van der Waals surface area contributed by atoms with Crippen LogP contribution in [0.3, 0.4) is 0 Å². The molecule has 7 heteroatoms. The van der Waals surface area contributed by atoms with Gasteiger partial charge >= 0.3 is 12.0 Å². The van der Waals surface area contributed by atoms with Gasteiger partial charge in [-0.05, 0) is 19.8 Å². The molecule has 0 bridgehead atoms. The Kier molecular flexibility index (Phi) is 6.77. The molecule has 4 N–H and O–H groups in total. The van der Waals surface area contributed by atoms with Gasteiger partial charge in [-0.2, -0.15) is 0 Å². The average molecular weight is 259 g/mol. The minimum Gasteiger partial charge on any atom is -0.480 e. The van der Waals surface area contributed by atoms with E-state index in [9.17, 15) is 14.4 Å². The lowest BCUT2D eigenvalue weighted by atomic mass is 10.2. The van der Waals surface area contributed by atoms with E-state index in [1.807, 2.05) is 13.8 Å². The largest absolute Gasteiger partial charge is 0.480 e. The molecule has 0 aromatic heterocycles. The van der Waals surface area contributed by atoms with Crippen molar-refractivity contribution >= 4 is 17.9 Å². The van der Waals surface area contributed by atoms with E-state index in [1.54, 1.807) is 0 Å². The van der Waals surface area contributed by atoms with Crippen LogP contribution in [0.4, 0.5) is 4.79 Å². The van der Waals surface area contributed by atoms with Crippen molar-refractivity contribution in [3.63, 3.8) is 0 Å². The van der Waals surface area contributed by atoms with Crippen molar-refractivity contribution < 1.29 is 19.5 Å². The summed E-state index contributed by atoms with van der Waals surface area (Å²) in [5.41, 5.74) is 0. The van der Waals surface area contributed by atoms with Crippen LogP contribution in [0.1, 0.15) is 27.7 Å². The van der Waals surface area contributed by atoms with Crippen LogP contribution in [0.15, 0.2) is 0 Å². The molecule has 2 atom stereocenters. The number of aliphatic carboxylic acids is 1. The Morgan fingerprint density at radius 2 is 1.50 bits per heavy atom. The predicted octanol–water partition coefficient (Wildman–Crippen LogP) is -0.0806. The summed E-state index contributed by atoms with van der Waals surface area (Å²) in [5.74, 6) is -1.12. The molecule has 0 aliphatic carbocycles. The van der Waals surface area contributed by atoms with Crippen molar-refractivity contribution in [2.45, 2.75) is 39.8 Å². The fourth-order valence-electron chi connectivity index (χ4n) is 1.02. The fourth-order valence-corrected chi connectivity index (χ4v) is 1.02. The van der Waals surface area contributed by atoms with E-state index in [-0.39, 0.29) is 5.91 Å². The zero-order valence-corrected chi connectivity index (χ0v) is 11.1. The van der Waals surface area contributed by atoms with Gasteiger partial charge in [0.15, 0.2) is 0 Å². The lowest BCUT2D eigenvalue weighted by molar-refractivity contribution is -0.138. The highest BCUT2D eigenvalue weighted by Crippen LogP contribution is 1.89. The Bertz CT molecular complexity index is 317. The molecule has 0 saturated heterocycles. The molecule has 2 unspecified atom stereocenters. The Labute approximate surface area is 106 Å². The number of hydrogen-bond acceptors (Lipinski definition) is 3. The van der Waals surface area contributed by atoms with Gasteiger partial charge in [-0.25, -0.2) is 4.79 Å². The average Bonchev–Trinajstić information content (AvgIpc) is 2.24. The maximum absolute atomic E-state index is 11.5. The number of amides is 3. The van der Waals surface area contributed by atoms with E-state index in [0.29, 0.717) is 12.5 Å². The first kappa shape index (κ1) is 16.2. The van der Waals surface area contributed by atoms with Gasteiger partial charge in [-0.1, -0.05) is 13.8 Å². The first-order valence-electron chi connectivity index (χ1n) is 5.81. The van der Waals surface area contributed by atoms with Crippen molar-refractivity contribution in [3.05, 3.63) is 0 Å².